The van der Waals surface area contributed by atoms with Crippen LogP contribution in [-0.2, 0) is 31.1 Å². The van der Waals surface area contributed by atoms with Crippen LogP contribution in [0.15, 0.2) is 49.1 Å². The molecule has 0 aliphatic heterocycles. The quantitative estimate of drug-likeness (QED) is 0.0905. The first kappa shape index (κ1) is 57.3. The van der Waals surface area contributed by atoms with Crippen molar-refractivity contribution in [2.24, 2.45) is 0 Å². The molecule has 0 aliphatic rings. The number of nitrogens with zero attached hydrogens (tertiary/aromatic N) is 2. The van der Waals surface area contributed by atoms with Gasteiger partial charge in [-0.15, -0.1) is 0 Å². The first-order chi connectivity index (χ1) is 15.2. The van der Waals surface area contributed by atoms with Gasteiger partial charge in [0.15, 0.2) is 0 Å². The summed E-state index contributed by atoms with van der Waals surface area (Å²) in [5, 5.41) is 12.3. The van der Waals surface area contributed by atoms with E-state index in [-0.39, 0.29) is 97.6 Å². The molecule has 20 N–H and O–H groups in total. The van der Waals surface area contributed by atoms with Crippen molar-refractivity contribution in [3.63, 3.8) is 0 Å². The van der Waals surface area contributed by atoms with E-state index in [1.807, 2.05) is 0 Å². The van der Waals surface area contributed by atoms with E-state index in [9.17, 15) is 28.5 Å². The molecular weight excluding hydrogens is 670 g/mol. The number of hydrogen-bond acceptors (Lipinski definition) is 8. The zero-order chi connectivity index (χ0) is 26.6. The van der Waals surface area contributed by atoms with Crippen LogP contribution < -0.4 is 0 Å². The smallest absolute Gasteiger partial charge is 0.369 e. The van der Waals surface area contributed by atoms with Gasteiger partial charge in [0.1, 0.15) is 0 Å². The van der Waals surface area contributed by atoms with Gasteiger partial charge in [-0.05, 0) is 23.3 Å². The summed E-state index contributed by atoms with van der Waals surface area (Å²) < 4.78 is 44.1. The molecule has 27 heteroatoms. The zero-order valence-electron chi connectivity index (χ0n) is 21.3. The summed E-state index contributed by atoms with van der Waals surface area (Å²) >= 11 is 0. The Morgan fingerprint density at radius 2 is 0.756 bits per heavy atom. The van der Waals surface area contributed by atoms with E-state index in [0.717, 1.165) is 12.4 Å². The number of aliphatic hydroxyl groups is 2. The fourth-order valence-corrected chi connectivity index (χ4v) is 6.57. The Bertz CT molecular complexity index is 1020. The maximum absolute atomic E-state index is 11.0. The van der Waals surface area contributed by atoms with E-state index in [0.29, 0.717) is 0 Å². The van der Waals surface area contributed by atoms with E-state index in [1.54, 1.807) is 0 Å². The minimum Gasteiger partial charge on any atom is -0.412 e. The summed E-state index contributed by atoms with van der Waals surface area (Å²) in [6.07, 6.45) is 3.26. The average Bonchev–Trinajstić information content (AvgIpc) is 2.66. The van der Waals surface area contributed by atoms with Gasteiger partial charge in [-0.2, -0.15) is 0 Å². The average molecular weight is 702 g/mol. The van der Waals surface area contributed by atoms with Crippen molar-refractivity contribution < 1.29 is 95.0 Å². The molecule has 234 valence electrons. The Labute approximate surface area is 275 Å². The molecule has 0 atom stereocenters. The van der Waals surface area contributed by atoms with Crippen LogP contribution in [-0.4, -0.2) is 156 Å². The Morgan fingerprint density at radius 1 is 0.537 bits per heavy atom. The van der Waals surface area contributed by atoms with Crippen molar-refractivity contribution in [3.05, 3.63) is 60.2 Å². The van der Waals surface area contributed by atoms with Crippen LogP contribution in [0.1, 0.15) is 11.1 Å². The fourth-order valence-electron chi connectivity index (χ4n) is 2.30. The molecule has 0 spiro atoms. The van der Waals surface area contributed by atoms with Crippen molar-refractivity contribution in [1.29, 1.82) is 0 Å². The second-order valence-electron chi connectivity index (χ2n) is 6.80. The van der Waals surface area contributed by atoms with Gasteiger partial charge in [-0.1, -0.05) is 12.1 Å². The molecule has 2 aromatic heterocycles. The maximum Gasteiger partial charge on any atom is 0.369 e. The molecule has 0 bridgehead atoms. The number of pyridine rings is 2. The third-order valence-corrected chi connectivity index (χ3v) is 11.7. The number of rotatable bonds is 8. The van der Waals surface area contributed by atoms with Gasteiger partial charge < -0.3 is 76.7 Å². The molecule has 0 aromatic carbocycles. The molecule has 0 amide bonds. The topological polar surface area (TPSA) is 454 Å². The second-order valence-corrected chi connectivity index (χ2v) is 14.8. The van der Waals surface area contributed by atoms with Gasteiger partial charge >= 0.3 is 30.4 Å². The normalized spacial score (nSPS) is 11.4. The Morgan fingerprint density at radius 3 is 0.902 bits per heavy atom. The molecule has 41 heavy (non-hydrogen) atoms. The maximum atomic E-state index is 11.0. The van der Waals surface area contributed by atoms with Crippen molar-refractivity contribution in [1.82, 2.24) is 9.97 Å². The molecule has 0 saturated heterocycles. The minimum absolute atomic E-state index is 0. The first-order valence-corrected chi connectivity index (χ1v) is 15.1. The Kier molecular flexibility index (Phi) is 29.9. The van der Waals surface area contributed by atoms with E-state index in [4.69, 9.17) is 39.1 Å². The van der Waals surface area contributed by atoms with E-state index < -0.39 is 53.4 Å². The van der Waals surface area contributed by atoms with Crippen LogP contribution in [0.4, 0.5) is 0 Å². The minimum atomic E-state index is -5.41. The predicted molar refractivity (Wildman–Crippen MR) is 144 cm³/mol. The SMILES string of the molecule is O.O.O.O.O.O=P(O)(O)C(O)(Cc1cccnc1)P(=O)(O)O.O=P(O)(O)C(O)(Cc1cccnc1)P(=O)(O)O.[Na].[Na]. The molecule has 2 radical (unpaired) electrons. The van der Waals surface area contributed by atoms with Crippen LogP contribution in [0.5, 0.6) is 0 Å². The molecular formula is C14H32N2Na2O19P4. The Hall–Kier alpha value is 0.620. The van der Waals surface area contributed by atoms with E-state index in [1.165, 1.54) is 36.7 Å². The van der Waals surface area contributed by atoms with Crippen molar-refractivity contribution >= 4 is 89.5 Å². The van der Waals surface area contributed by atoms with Crippen LogP contribution in [0.25, 0.3) is 0 Å². The van der Waals surface area contributed by atoms with Gasteiger partial charge in [0.2, 0.25) is 0 Å². The van der Waals surface area contributed by atoms with E-state index in [2.05, 4.69) is 9.97 Å². The van der Waals surface area contributed by atoms with Crippen molar-refractivity contribution in [2.45, 2.75) is 23.0 Å². The van der Waals surface area contributed by atoms with Crippen LogP contribution in [0.2, 0.25) is 0 Å². The Balaban J connectivity index is -0.0000000963. The zero-order valence-corrected chi connectivity index (χ0v) is 28.9. The van der Waals surface area contributed by atoms with Crippen LogP contribution in [0, 0.1) is 0 Å². The molecule has 0 fully saturated rings. The van der Waals surface area contributed by atoms with Crippen LogP contribution in [0.3, 0.4) is 0 Å². The predicted octanol–water partition coefficient (Wildman–Crippen LogP) is -5.63. The van der Waals surface area contributed by atoms with Gasteiger partial charge in [-0.25, -0.2) is 0 Å². The number of hydrogen-bond donors (Lipinski definition) is 10. The first-order valence-electron chi connectivity index (χ1n) is 8.61. The van der Waals surface area contributed by atoms with Gasteiger partial charge in [0, 0.05) is 96.7 Å². The molecule has 2 aromatic rings. The van der Waals surface area contributed by atoms with Gasteiger partial charge in [0.05, 0.1) is 0 Å². The third kappa shape index (κ3) is 15.5. The molecule has 0 unspecified atom stereocenters. The molecule has 2 heterocycles. The monoisotopic (exact) mass is 702 g/mol. The summed E-state index contributed by atoms with van der Waals surface area (Å²) in [4.78, 5) is 78.3. The summed E-state index contributed by atoms with van der Waals surface area (Å²) in [6.45, 7) is 0. The summed E-state index contributed by atoms with van der Waals surface area (Å²) in [6, 6.07) is 5.50. The van der Waals surface area contributed by atoms with Gasteiger partial charge in [-0.3, -0.25) is 28.2 Å². The van der Waals surface area contributed by atoms with Crippen molar-refractivity contribution in [2.75, 3.05) is 0 Å². The molecule has 0 aliphatic carbocycles. The summed E-state index contributed by atoms with van der Waals surface area (Å²) in [5.41, 5.74) is 0.198. The summed E-state index contributed by atoms with van der Waals surface area (Å²) in [5.74, 6) is 0. The van der Waals surface area contributed by atoms with Crippen LogP contribution >= 0.6 is 30.4 Å². The summed E-state index contributed by atoms with van der Waals surface area (Å²) in [7, 11) is -21.6. The molecule has 2 rings (SSSR count). The fraction of sp³-hybridized carbons (Fsp3) is 0.286. The standard InChI is InChI=1S/2C7H11NO7P2.2Na.5H2O/c2*9-7(16(10,11)12,17(13,14)15)4-6-2-1-3-8-5-6;;;;;;;/h2*1-3,5,9H,4H2,(H2,10,11,12)(H2,13,14,15);;;5*1H2. The van der Waals surface area contributed by atoms with Crippen molar-refractivity contribution in [3.8, 4) is 0 Å². The van der Waals surface area contributed by atoms with Gasteiger partial charge in [0.25, 0.3) is 10.2 Å². The third-order valence-electron chi connectivity index (χ3n) is 4.19. The second kappa shape index (κ2) is 21.4. The largest absolute Gasteiger partial charge is 0.412 e. The van der Waals surface area contributed by atoms with E-state index >= 15 is 0 Å². The number of aromatic nitrogens is 2. The molecule has 21 nitrogen and oxygen atoms in total. The molecule has 0 saturated carbocycles.